The lowest BCUT2D eigenvalue weighted by Gasteiger charge is -2.17. The van der Waals surface area contributed by atoms with Crippen LogP contribution in [-0.4, -0.2) is 61.9 Å². The second-order valence-corrected chi connectivity index (χ2v) is 9.01. The summed E-state index contributed by atoms with van der Waals surface area (Å²) in [6.07, 6.45) is 0.733. The molecule has 2 aromatic heterocycles. The van der Waals surface area contributed by atoms with Gasteiger partial charge in [0.15, 0.2) is 11.5 Å². The zero-order valence-corrected chi connectivity index (χ0v) is 21.6. The Kier molecular flexibility index (Phi) is 5.89. The lowest BCUT2D eigenvalue weighted by molar-refractivity contribution is 0.0602. The van der Waals surface area contributed by atoms with Gasteiger partial charge in [-0.25, -0.2) is 4.79 Å². The molecule has 10 nitrogen and oxygen atoms in total. The second-order valence-electron chi connectivity index (χ2n) is 9.01. The number of amides is 1. The molecule has 0 radical (unpaired) electrons. The molecule has 0 bridgehead atoms. The first-order valence-corrected chi connectivity index (χ1v) is 11.9. The van der Waals surface area contributed by atoms with Gasteiger partial charge in [-0.15, -0.1) is 0 Å². The minimum Gasteiger partial charge on any atom is -0.506 e. The number of hydrogen-bond acceptors (Lipinski definition) is 7. The van der Waals surface area contributed by atoms with Gasteiger partial charge in [-0.05, 0) is 31.0 Å². The van der Waals surface area contributed by atoms with Crippen molar-refractivity contribution in [3.8, 4) is 23.0 Å². The number of benzene rings is 2. The molecule has 0 fully saturated rings. The van der Waals surface area contributed by atoms with Gasteiger partial charge >= 0.3 is 5.97 Å². The number of phenolic OH excluding ortho intramolecular Hbond substituents is 1. The summed E-state index contributed by atoms with van der Waals surface area (Å²) in [5, 5.41) is 12.2. The lowest BCUT2D eigenvalue weighted by atomic mass is 9.93. The molecule has 1 aliphatic heterocycles. The number of rotatable bonds is 6. The Bertz CT molecular complexity index is 1570. The van der Waals surface area contributed by atoms with Crippen LogP contribution < -0.4 is 19.1 Å². The quantitative estimate of drug-likeness (QED) is 0.325. The van der Waals surface area contributed by atoms with Crippen molar-refractivity contribution < 1.29 is 33.6 Å². The van der Waals surface area contributed by atoms with Crippen LogP contribution in [0.5, 0.6) is 23.0 Å². The van der Waals surface area contributed by atoms with Gasteiger partial charge in [0, 0.05) is 35.0 Å². The highest BCUT2D eigenvalue weighted by Gasteiger charge is 2.37. The fourth-order valence-electron chi connectivity index (χ4n) is 5.43. The number of aromatic amines is 2. The van der Waals surface area contributed by atoms with Crippen LogP contribution in [-0.2, 0) is 4.74 Å². The van der Waals surface area contributed by atoms with Gasteiger partial charge in [-0.3, -0.25) is 4.79 Å². The highest BCUT2D eigenvalue weighted by molar-refractivity contribution is 6.15. The van der Waals surface area contributed by atoms with Crippen LogP contribution in [0.15, 0.2) is 18.2 Å². The molecule has 3 N–H and O–H groups in total. The predicted molar refractivity (Wildman–Crippen MR) is 139 cm³/mol. The van der Waals surface area contributed by atoms with E-state index in [1.807, 2.05) is 6.92 Å². The number of carbonyl (C=O) groups is 2. The van der Waals surface area contributed by atoms with Gasteiger partial charge in [0.2, 0.25) is 5.75 Å². The van der Waals surface area contributed by atoms with Crippen LogP contribution in [0.4, 0.5) is 5.69 Å². The summed E-state index contributed by atoms with van der Waals surface area (Å²) in [5.74, 6) is 0.457. The summed E-state index contributed by atoms with van der Waals surface area (Å²) in [7, 11) is 5.90. The maximum absolute atomic E-state index is 13.9. The molecule has 0 spiro atoms. The molecule has 10 heteroatoms. The van der Waals surface area contributed by atoms with E-state index in [1.165, 1.54) is 28.4 Å². The third-order valence-corrected chi connectivity index (χ3v) is 7.14. The number of aromatic nitrogens is 2. The number of esters is 1. The highest BCUT2D eigenvalue weighted by atomic mass is 16.5. The number of phenols is 1. The first-order chi connectivity index (χ1) is 17.8. The van der Waals surface area contributed by atoms with Crippen molar-refractivity contribution >= 4 is 39.4 Å². The van der Waals surface area contributed by atoms with Crippen LogP contribution in [0.25, 0.3) is 21.8 Å². The Morgan fingerprint density at radius 1 is 1.03 bits per heavy atom. The van der Waals surface area contributed by atoms with Crippen LogP contribution >= 0.6 is 0 Å². The predicted octanol–water partition coefficient (Wildman–Crippen LogP) is 4.63. The third kappa shape index (κ3) is 3.46. The zero-order chi connectivity index (χ0) is 26.6. The number of aryl methyl sites for hydroxylation is 1. The lowest BCUT2D eigenvalue weighted by Crippen LogP contribution is -2.30. The fraction of sp³-hybridized carbons (Fsp3) is 0.333. The van der Waals surface area contributed by atoms with Crippen LogP contribution in [0.2, 0.25) is 0 Å². The fourth-order valence-corrected chi connectivity index (χ4v) is 5.43. The number of aromatic hydroxyl groups is 1. The van der Waals surface area contributed by atoms with Gasteiger partial charge < -0.3 is 38.9 Å². The summed E-state index contributed by atoms with van der Waals surface area (Å²) < 4.78 is 21.5. The van der Waals surface area contributed by atoms with Crippen LogP contribution in [0.3, 0.4) is 0 Å². The minimum absolute atomic E-state index is 0.0419. The Balaban J connectivity index is 1.68. The molecule has 1 amide bonds. The number of nitrogens with one attached hydrogen (secondary N) is 2. The minimum atomic E-state index is -0.498. The van der Waals surface area contributed by atoms with E-state index in [2.05, 4.69) is 9.97 Å². The smallest absolute Gasteiger partial charge is 0.340 e. The standard InChI is InChI=1S/C27H29N3O7/c1-7-13-11-30(16-10-17(31)23-21(20(13)16)19(12(2)28-23)27(33)37-6)26(32)15-8-14-9-18(34-3)24(35-4)25(36-5)22(14)29-15/h8-10,13,28-29,31H,7,11H2,1-6H3. The highest BCUT2D eigenvalue weighted by Crippen LogP contribution is 2.48. The van der Waals surface area contributed by atoms with Crippen molar-refractivity contribution in [3.63, 3.8) is 0 Å². The van der Waals surface area contributed by atoms with E-state index < -0.39 is 5.97 Å². The molecular formula is C27H29N3O7. The summed E-state index contributed by atoms with van der Waals surface area (Å²) in [6, 6.07) is 5.09. The van der Waals surface area contributed by atoms with Gasteiger partial charge in [-0.1, -0.05) is 6.92 Å². The maximum atomic E-state index is 13.9. The Hall–Kier alpha value is -4.34. The number of carbonyl (C=O) groups excluding carboxylic acids is 2. The molecule has 37 heavy (non-hydrogen) atoms. The normalized spacial score (nSPS) is 14.8. The molecule has 0 saturated carbocycles. The number of hydrogen-bond donors (Lipinski definition) is 3. The van der Waals surface area contributed by atoms with Crippen molar-refractivity contribution in [1.29, 1.82) is 0 Å². The van der Waals surface area contributed by atoms with Gasteiger partial charge in [0.1, 0.15) is 11.4 Å². The van der Waals surface area contributed by atoms with Gasteiger partial charge in [0.25, 0.3) is 5.91 Å². The van der Waals surface area contributed by atoms with E-state index in [1.54, 1.807) is 30.0 Å². The molecule has 194 valence electrons. The number of H-pyrrole nitrogens is 2. The second kappa shape index (κ2) is 8.95. The molecule has 5 rings (SSSR count). The number of anilines is 1. The number of methoxy groups -OCH3 is 4. The van der Waals surface area contributed by atoms with E-state index in [0.29, 0.717) is 62.9 Å². The van der Waals surface area contributed by atoms with Gasteiger partial charge in [-0.2, -0.15) is 0 Å². The number of nitrogens with zero attached hydrogens (tertiary/aromatic N) is 1. The summed E-state index contributed by atoms with van der Waals surface area (Å²) in [6.45, 7) is 4.19. The summed E-state index contributed by atoms with van der Waals surface area (Å²) in [5.41, 5.74) is 3.76. The Morgan fingerprint density at radius 3 is 2.38 bits per heavy atom. The van der Waals surface area contributed by atoms with E-state index in [0.717, 1.165) is 17.4 Å². The molecule has 2 aromatic carbocycles. The topological polar surface area (TPSA) is 126 Å². The first-order valence-electron chi connectivity index (χ1n) is 11.9. The average Bonchev–Trinajstić information content (AvgIpc) is 3.59. The van der Waals surface area contributed by atoms with E-state index >= 15 is 0 Å². The Labute approximate surface area is 213 Å². The SMILES string of the molecule is CCC1CN(C(=O)c2cc3cc(OC)c(OC)c(OC)c3[nH]2)c2cc(O)c3[nH]c(C)c(C(=O)OC)c3c21. The average molecular weight is 508 g/mol. The van der Waals surface area contributed by atoms with Crippen molar-refractivity contribution in [2.45, 2.75) is 26.2 Å². The molecule has 1 aliphatic rings. The molecular weight excluding hydrogens is 478 g/mol. The summed E-state index contributed by atoms with van der Waals surface area (Å²) >= 11 is 0. The third-order valence-electron chi connectivity index (χ3n) is 7.14. The van der Waals surface area contributed by atoms with Crippen molar-refractivity contribution in [3.05, 3.63) is 40.7 Å². The zero-order valence-electron chi connectivity index (χ0n) is 21.6. The van der Waals surface area contributed by atoms with Crippen LogP contribution in [0.1, 0.15) is 51.4 Å². The number of fused-ring (bicyclic) bond motifs is 4. The molecule has 1 atom stereocenters. The molecule has 4 aromatic rings. The van der Waals surface area contributed by atoms with Crippen molar-refractivity contribution in [1.82, 2.24) is 9.97 Å². The van der Waals surface area contributed by atoms with Crippen molar-refractivity contribution in [2.24, 2.45) is 0 Å². The first kappa shape index (κ1) is 24.4. The molecule has 1 unspecified atom stereocenters. The van der Waals surface area contributed by atoms with E-state index in [9.17, 15) is 14.7 Å². The van der Waals surface area contributed by atoms with E-state index in [-0.39, 0.29) is 17.6 Å². The van der Waals surface area contributed by atoms with Crippen LogP contribution in [0, 0.1) is 6.92 Å². The van der Waals surface area contributed by atoms with E-state index in [4.69, 9.17) is 18.9 Å². The van der Waals surface area contributed by atoms with Gasteiger partial charge in [0.05, 0.1) is 50.7 Å². The Morgan fingerprint density at radius 2 is 1.76 bits per heavy atom. The molecule has 0 aliphatic carbocycles. The molecule has 3 heterocycles. The monoisotopic (exact) mass is 507 g/mol. The largest absolute Gasteiger partial charge is 0.506 e. The van der Waals surface area contributed by atoms with Crippen molar-refractivity contribution in [2.75, 3.05) is 39.9 Å². The molecule has 0 saturated heterocycles. The maximum Gasteiger partial charge on any atom is 0.340 e. The number of ether oxygens (including phenoxy) is 4. The summed E-state index contributed by atoms with van der Waals surface area (Å²) in [4.78, 5) is 34.5.